The highest BCUT2D eigenvalue weighted by atomic mass is 127. The van der Waals surface area contributed by atoms with Gasteiger partial charge in [0.1, 0.15) is 18.2 Å². The van der Waals surface area contributed by atoms with Crippen LogP contribution in [0.15, 0.2) is 12.7 Å². The minimum Gasteiger partial charge on any atom is -0.382 e. The van der Waals surface area contributed by atoms with Gasteiger partial charge in [0.25, 0.3) is 0 Å². The van der Waals surface area contributed by atoms with Crippen molar-refractivity contribution in [1.82, 2.24) is 39.3 Å². The van der Waals surface area contributed by atoms with E-state index in [-0.39, 0.29) is 0 Å². The topological polar surface area (TPSA) is 142 Å². The zero-order valence-electron chi connectivity index (χ0n) is 10.7. The summed E-state index contributed by atoms with van der Waals surface area (Å²) in [6, 6.07) is 0. The van der Waals surface area contributed by atoms with Crippen molar-refractivity contribution in [3.05, 3.63) is 21.3 Å². The standard InChI is InChI=1S/C10H7IN10S/c11-9-18-3-5(12)14-1-16-7(3)20(9)21-8-4(19-10(21)22)6(13)15-2-17-8/h1-2H,(H,19,22)(H2,12,14,16)(H2,13,15,17). The molecule has 12 heteroatoms. The summed E-state index contributed by atoms with van der Waals surface area (Å²) < 4.78 is 4.33. The van der Waals surface area contributed by atoms with E-state index < -0.39 is 0 Å². The Balaban J connectivity index is 2.19. The lowest BCUT2D eigenvalue weighted by molar-refractivity contribution is 0.659. The van der Waals surface area contributed by atoms with Crippen LogP contribution in [0.25, 0.3) is 22.3 Å². The number of anilines is 2. The van der Waals surface area contributed by atoms with Crippen molar-refractivity contribution in [1.29, 1.82) is 0 Å². The number of imidazole rings is 2. The molecule has 0 radical (unpaired) electrons. The lowest BCUT2D eigenvalue weighted by Crippen LogP contribution is -2.13. The molecular formula is C10H7IN10S. The summed E-state index contributed by atoms with van der Waals surface area (Å²) in [7, 11) is 0. The van der Waals surface area contributed by atoms with Crippen LogP contribution in [-0.2, 0) is 0 Å². The first-order valence-corrected chi connectivity index (χ1v) is 7.43. The molecule has 0 aliphatic carbocycles. The van der Waals surface area contributed by atoms with Crippen molar-refractivity contribution >= 4 is 68.8 Å². The van der Waals surface area contributed by atoms with Gasteiger partial charge in [0.2, 0.25) is 0 Å². The number of nitrogen functional groups attached to an aromatic ring is 2. The van der Waals surface area contributed by atoms with Gasteiger partial charge in [-0.3, -0.25) is 0 Å². The molecule has 0 unspecified atom stereocenters. The van der Waals surface area contributed by atoms with Crippen LogP contribution in [0, 0.1) is 8.60 Å². The average Bonchev–Trinajstić information content (AvgIpc) is 2.98. The summed E-state index contributed by atoms with van der Waals surface area (Å²) in [4.78, 5) is 23.7. The van der Waals surface area contributed by atoms with Gasteiger partial charge in [0.05, 0.1) is 0 Å². The van der Waals surface area contributed by atoms with E-state index in [0.29, 0.717) is 42.6 Å². The molecule has 22 heavy (non-hydrogen) atoms. The molecule has 0 saturated carbocycles. The summed E-state index contributed by atoms with van der Waals surface area (Å²) in [5.41, 5.74) is 13.8. The van der Waals surface area contributed by atoms with Crippen molar-refractivity contribution in [2.45, 2.75) is 0 Å². The third-order valence-corrected chi connectivity index (χ3v) is 4.07. The molecule has 0 saturated heterocycles. The second kappa shape index (κ2) is 4.57. The molecule has 10 nitrogen and oxygen atoms in total. The van der Waals surface area contributed by atoms with E-state index in [0.717, 1.165) is 0 Å². The molecule has 4 aromatic heterocycles. The van der Waals surface area contributed by atoms with Gasteiger partial charge in [0.15, 0.2) is 37.0 Å². The summed E-state index contributed by atoms with van der Waals surface area (Å²) in [5.74, 6) is 0.602. The van der Waals surface area contributed by atoms with Gasteiger partial charge in [-0.25, -0.2) is 29.6 Å². The Hall–Kier alpha value is -2.35. The number of hydrogen-bond acceptors (Lipinski definition) is 8. The van der Waals surface area contributed by atoms with Gasteiger partial charge in [-0.15, -0.1) is 0 Å². The van der Waals surface area contributed by atoms with Gasteiger partial charge < -0.3 is 16.5 Å². The molecule has 0 aromatic carbocycles. The number of rotatable bonds is 1. The van der Waals surface area contributed by atoms with Gasteiger partial charge >= 0.3 is 0 Å². The SMILES string of the molecule is Nc1ncnc2c1nc(I)n2-n1c(=S)[nH]c2c(N)ncnc21. The fourth-order valence-corrected chi connectivity index (χ4v) is 3.12. The number of hydrogen-bond donors (Lipinski definition) is 3. The van der Waals surface area contributed by atoms with Crippen LogP contribution in [-0.4, -0.2) is 39.3 Å². The van der Waals surface area contributed by atoms with Crippen LogP contribution in [0.1, 0.15) is 0 Å². The minimum atomic E-state index is 0.294. The maximum atomic E-state index is 5.85. The zero-order chi connectivity index (χ0) is 15.4. The second-order valence-electron chi connectivity index (χ2n) is 4.32. The first kappa shape index (κ1) is 13.3. The van der Waals surface area contributed by atoms with E-state index in [4.69, 9.17) is 23.7 Å². The third-order valence-electron chi connectivity index (χ3n) is 3.09. The van der Waals surface area contributed by atoms with Crippen molar-refractivity contribution in [3.8, 4) is 0 Å². The molecule has 4 aromatic rings. The number of halogens is 1. The van der Waals surface area contributed by atoms with Crippen molar-refractivity contribution in [2.24, 2.45) is 0 Å². The number of H-pyrrole nitrogens is 1. The molecule has 0 bridgehead atoms. The van der Waals surface area contributed by atoms with E-state index in [1.54, 1.807) is 9.35 Å². The number of aromatic nitrogens is 8. The molecule has 0 amide bonds. The number of aromatic amines is 1. The number of nitrogens with one attached hydrogen (secondary N) is 1. The smallest absolute Gasteiger partial charge is 0.199 e. The molecule has 4 heterocycles. The van der Waals surface area contributed by atoms with E-state index >= 15 is 0 Å². The van der Waals surface area contributed by atoms with E-state index in [2.05, 4.69) is 52.5 Å². The Bertz CT molecular complexity index is 1090. The van der Waals surface area contributed by atoms with Crippen LogP contribution in [0.2, 0.25) is 0 Å². The van der Waals surface area contributed by atoms with Crippen LogP contribution in [0.5, 0.6) is 0 Å². The highest BCUT2D eigenvalue weighted by molar-refractivity contribution is 14.1. The Morgan fingerprint density at radius 1 is 1.00 bits per heavy atom. The quantitative estimate of drug-likeness (QED) is 0.230. The number of fused-ring (bicyclic) bond motifs is 2. The highest BCUT2D eigenvalue weighted by Gasteiger charge is 2.18. The van der Waals surface area contributed by atoms with Gasteiger partial charge in [-0.2, -0.15) is 4.68 Å². The minimum absolute atomic E-state index is 0.294. The van der Waals surface area contributed by atoms with Crippen LogP contribution < -0.4 is 11.5 Å². The first-order chi connectivity index (χ1) is 10.6. The normalized spacial score (nSPS) is 11.5. The monoisotopic (exact) mass is 426 g/mol. The van der Waals surface area contributed by atoms with Gasteiger partial charge in [0, 0.05) is 22.6 Å². The zero-order valence-corrected chi connectivity index (χ0v) is 13.7. The summed E-state index contributed by atoms with van der Waals surface area (Å²) in [6.07, 6.45) is 2.74. The fourth-order valence-electron chi connectivity index (χ4n) is 2.16. The average molecular weight is 426 g/mol. The largest absolute Gasteiger partial charge is 0.382 e. The van der Waals surface area contributed by atoms with Crippen LogP contribution >= 0.6 is 34.8 Å². The number of nitrogens with two attached hydrogens (primary N) is 2. The molecule has 0 spiro atoms. The molecule has 0 atom stereocenters. The predicted octanol–water partition coefficient (Wildman–Crippen LogP) is 0.709. The molecule has 4 rings (SSSR count). The molecule has 110 valence electrons. The predicted molar refractivity (Wildman–Crippen MR) is 90.4 cm³/mol. The van der Waals surface area contributed by atoms with Crippen molar-refractivity contribution in [2.75, 3.05) is 11.5 Å². The van der Waals surface area contributed by atoms with Gasteiger partial charge in [-0.1, -0.05) is 0 Å². The van der Waals surface area contributed by atoms with Gasteiger partial charge in [-0.05, 0) is 12.2 Å². The molecular weight excluding hydrogens is 419 g/mol. The first-order valence-electron chi connectivity index (χ1n) is 5.94. The molecule has 0 fully saturated rings. The molecule has 5 N–H and O–H groups in total. The second-order valence-corrected chi connectivity index (χ2v) is 5.67. The molecule has 0 aliphatic rings. The third kappa shape index (κ3) is 1.70. The maximum absolute atomic E-state index is 5.85. The number of nitrogens with zero attached hydrogens (tertiary/aromatic N) is 7. The van der Waals surface area contributed by atoms with E-state index in [9.17, 15) is 0 Å². The Morgan fingerprint density at radius 2 is 1.68 bits per heavy atom. The fraction of sp³-hybridized carbons (Fsp3) is 0. The summed E-state index contributed by atoms with van der Waals surface area (Å²) in [5, 5.41) is 0. The Morgan fingerprint density at radius 3 is 2.45 bits per heavy atom. The van der Waals surface area contributed by atoms with E-state index in [1.165, 1.54) is 12.7 Å². The van der Waals surface area contributed by atoms with Crippen molar-refractivity contribution < 1.29 is 0 Å². The summed E-state index contributed by atoms with van der Waals surface area (Å²) >= 11 is 7.44. The lowest BCUT2D eigenvalue weighted by Gasteiger charge is -2.06. The Labute approximate surface area is 140 Å². The van der Waals surface area contributed by atoms with Crippen LogP contribution in [0.3, 0.4) is 0 Å². The molecule has 0 aliphatic heterocycles. The van der Waals surface area contributed by atoms with E-state index in [1.807, 2.05) is 0 Å². The summed E-state index contributed by atoms with van der Waals surface area (Å²) in [6.45, 7) is 0. The van der Waals surface area contributed by atoms with Crippen LogP contribution in [0.4, 0.5) is 11.6 Å². The lowest BCUT2D eigenvalue weighted by atomic mass is 10.5. The highest BCUT2D eigenvalue weighted by Crippen LogP contribution is 2.23. The Kier molecular flexibility index (Phi) is 2.77. The maximum Gasteiger partial charge on any atom is 0.199 e. The van der Waals surface area contributed by atoms with Crippen molar-refractivity contribution in [3.63, 3.8) is 0 Å².